The van der Waals surface area contributed by atoms with Crippen LogP contribution in [0, 0.1) is 0 Å². The first-order valence-corrected chi connectivity index (χ1v) is 8.14. The lowest BCUT2D eigenvalue weighted by atomic mass is 10.1. The fourth-order valence-electron chi connectivity index (χ4n) is 2.17. The number of thiazole rings is 1. The van der Waals surface area contributed by atoms with Gasteiger partial charge in [-0.2, -0.15) is 5.10 Å². The highest BCUT2D eigenvalue weighted by Gasteiger charge is 2.10. The first-order chi connectivity index (χ1) is 12.0. The van der Waals surface area contributed by atoms with E-state index in [9.17, 15) is 9.59 Å². The number of aliphatic hydroxyl groups is 1. The van der Waals surface area contributed by atoms with Crippen molar-refractivity contribution in [2.45, 2.75) is 6.54 Å². The number of nitrogens with zero attached hydrogens (tertiary/aromatic N) is 3. The first kappa shape index (κ1) is 16.8. The summed E-state index contributed by atoms with van der Waals surface area (Å²) in [6, 6.07) is 7.14. The molecule has 0 spiro atoms. The summed E-state index contributed by atoms with van der Waals surface area (Å²) < 4.78 is 1.52. The highest BCUT2D eigenvalue weighted by molar-refractivity contribution is 7.09. The molecule has 0 saturated heterocycles. The molecule has 0 aliphatic carbocycles. The van der Waals surface area contributed by atoms with E-state index in [1.54, 1.807) is 18.2 Å². The van der Waals surface area contributed by atoms with Crippen LogP contribution in [-0.2, 0) is 11.3 Å². The number of aromatic carboxylic acids is 1. The van der Waals surface area contributed by atoms with Crippen molar-refractivity contribution in [1.82, 2.24) is 14.8 Å². The van der Waals surface area contributed by atoms with Crippen LogP contribution in [0.3, 0.4) is 0 Å². The van der Waals surface area contributed by atoms with E-state index < -0.39 is 18.5 Å². The lowest BCUT2D eigenvalue weighted by Gasteiger charge is -2.04. The Morgan fingerprint density at radius 2 is 2.16 bits per heavy atom. The van der Waals surface area contributed by atoms with Crippen LogP contribution in [0.2, 0.25) is 0 Å². The van der Waals surface area contributed by atoms with Crippen LogP contribution >= 0.6 is 11.3 Å². The normalized spacial score (nSPS) is 10.6. The number of rotatable bonds is 6. The van der Waals surface area contributed by atoms with Crippen LogP contribution in [-0.4, -0.2) is 43.5 Å². The number of nitrogens with one attached hydrogen (secondary N) is 1. The topological polar surface area (TPSA) is 117 Å². The predicted molar refractivity (Wildman–Crippen MR) is 91.6 cm³/mol. The van der Waals surface area contributed by atoms with Gasteiger partial charge in [0.1, 0.15) is 11.6 Å². The molecule has 1 amide bonds. The van der Waals surface area contributed by atoms with Crippen LogP contribution in [0.1, 0.15) is 15.4 Å². The van der Waals surface area contributed by atoms with Crippen LogP contribution < -0.4 is 5.32 Å². The van der Waals surface area contributed by atoms with Crippen LogP contribution in [0.4, 0.5) is 5.69 Å². The van der Waals surface area contributed by atoms with Gasteiger partial charge in [-0.05, 0) is 12.1 Å². The smallest absolute Gasteiger partial charge is 0.338 e. The Morgan fingerprint density at radius 1 is 1.32 bits per heavy atom. The number of amides is 1. The van der Waals surface area contributed by atoms with E-state index in [1.807, 2.05) is 11.4 Å². The Balaban J connectivity index is 1.75. The average molecular weight is 358 g/mol. The number of carboxylic acid groups (broad SMARTS) is 1. The maximum Gasteiger partial charge on any atom is 0.338 e. The lowest BCUT2D eigenvalue weighted by Crippen LogP contribution is -2.15. The molecule has 0 saturated carbocycles. The van der Waals surface area contributed by atoms with Crippen molar-refractivity contribution in [2.75, 3.05) is 11.9 Å². The molecule has 3 aromatic rings. The van der Waals surface area contributed by atoms with Gasteiger partial charge in [-0.15, -0.1) is 11.3 Å². The summed E-state index contributed by atoms with van der Waals surface area (Å²) in [7, 11) is 0. The number of hydrogen-bond acceptors (Lipinski definition) is 6. The van der Waals surface area contributed by atoms with Crippen molar-refractivity contribution >= 4 is 28.9 Å². The zero-order chi connectivity index (χ0) is 17.8. The van der Waals surface area contributed by atoms with Crippen molar-refractivity contribution < 1.29 is 19.8 Å². The molecular weight excluding hydrogens is 344 g/mol. The van der Waals surface area contributed by atoms with Gasteiger partial charge in [0.25, 0.3) is 0 Å². The Hall–Kier alpha value is -3.04. The third-order valence-electron chi connectivity index (χ3n) is 3.31. The Labute approximate surface area is 146 Å². The number of benzene rings is 1. The second-order valence-electron chi connectivity index (χ2n) is 5.15. The van der Waals surface area contributed by atoms with E-state index in [1.165, 1.54) is 28.4 Å². The second kappa shape index (κ2) is 7.24. The SMILES string of the molecule is O=C(CO)Nc1cccc(-c2csc(Cn3cc(C(=O)O)cn3)n2)c1. The van der Waals surface area contributed by atoms with Gasteiger partial charge in [0.05, 0.1) is 24.0 Å². The molecule has 0 aliphatic rings. The molecule has 9 heteroatoms. The molecule has 25 heavy (non-hydrogen) atoms. The molecule has 2 aromatic heterocycles. The third kappa shape index (κ3) is 4.08. The third-order valence-corrected chi connectivity index (χ3v) is 4.15. The second-order valence-corrected chi connectivity index (χ2v) is 6.09. The van der Waals surface area contributed by atoms with Gasteiger partial charge in [0.2, 0.25) is 5.91 Å². The molecule has 8 nitrogen and oxygen atoms in total. The lowest BCUT2D eigenvalue weighted by molar-refractivity contribution is -0.118. The van der Waals surface area contributed by atoms with Crippen molar-refractivity contribution in [3.8, 4) is 11.3 Å². The first-order valence-electron chi connectivity index (χ1n) is 7.26. The van der Waals surface area contributed by atoms with E-state index in [0.29, 0.717) is 12.2 Å². The van der Waals surface area contributed by atoms with E-state index in [0.717, 1.165) is 16.3 Å². The molecule has 0 aliphatic heterocycles. The summed E-state index contributed by atoms with van der Waals surface area (Å²) in [5, 5.41) is 26.9. The molecular formula is C16H14N4O4S. The zero-order valence-electron chi connectivity index (χ0n) is 12.9. The van der Waals surface area contributed by atoms with Gasteiger partial charge in [-0.3, -0.25) is 9.48 Å². The number of carboxylic acids is 1. The van der Waals surface area contributed by atoms with E-state index in [4.69, 9.17) is 10.2 Å². The van der Waals surface area contributed by atoms with E-state index in [2.05, 4.69) is 15.4 Å². The Kier molecular flexibility index (Phi) is 4.87. The molecule has 0 atom stereocenters. The molecule has 0 fully saturated rings. The van der Waals surface area contributed by atoms with Crippen LogP contribution in [0.15, 0.2) is 42.0 Å². The number of aliphatic hydroxyl groups excluding tert-OH is 1. The number of carbonyl (C=O) groups excluding carboxylic acids is 1. The molecule has 0 unspecified atom stereocenters. The fourth-order valence-corrected chi connectivity index (χ4v) is 2.97. The average Bonchev–Trinajstić information content (AvgIpc) is 3.25. The quantitative estimate of drug-likeness (QED) is 0.617. The van der Waals surface area contributed by atoms with Crippen molar-refractivity contribution in [2.24, 2.45) is 0 Å². The van der Waals surface area contributed by atoms with Crippen molar-refractivity contribution in [3.63, 3.8) is 0 Å². The number of anilines is 1. The molecule has 2 heterocycles. The number of carbonyl (C=O) groups is 2. The molecule has 0 bridgehead atoms. The van der Waals surface area contributed by atoms with Gasteiger partial charge >= 0.3 is 5.97 Å². The Bertz CT molecular complexity index is 918. The number of aromatic nitrogens is 3. The van der Waals surface area contributed by atoms with Crippen molar-refractivity contribution in [3.05, 3.63) is 52.6 Å². The largest absolute Gasteiger partial charge is 0.478 e. The molecule has 1 aromatic carbocycles. The molecule has 3 rings (SSSR count). The maximum absolute atomic E-state index is 11.3. The standard InChI is InChI=1S/C16H14N4O4S/c21-8-14(22)18-12-3-1-2-10(4-12)13-9-25-15(19-13)7-20-6-11(5-17-20)16(23)24/h1-6,9,21H,7-8H2,(H,18,22)(H,23,24). The predicted octanol–water partition coefficient (Wildman–Crippen LogP) is 1.68. The fraction of sp³-hybridized carbons (Fsp3) is 0.125. The molecule has 0 radical (unpaired) electrons. The summed E-state index contributed by atoms with van der Waals surface area (Å²) in [6.45, 7) is -0.202. The number of hydrogen-bond donors (Lipinski definition) is 3. The molecule has 128 valence electrons. The van der Waals surface area contributed by atoms with Gasteiger partial charge in [-0.25, -0.2) is 9.78 Å². The highest BCUT2D eigenvalue weighted by atomic mass is 32.1. The minimum atomic E-state index is -1.02. The minimum absolute atomic E-state index is 0.129. The van der Waals surface area contributed by atoms with Crippen LogP contribution in [0.5, 0.6) is 0 Å². The monoisotopic (exact) mass is 358 g/mol. The summed E-state index contributed by atoms with van der Waals surface area (Å²) in [4.78, 5) is 26.7. The molecule has 3 N–H and O–H groups in total. The minimum Gasteiger partial charge on any atom is -0.478 e. The summed E-state index contributed by atoms with van der Waals surface area (Å²) >= 11 is 1.43. The Morgan fingerprint density at radius 3 is 2.88 bits per heavy atom. The van der Waals surface area contributed by atoms with Gasteiger partial charge in [0.15, 0.2) is 0 Å². The van der Waals surface area contributed by atoms with Gasteiger partial charge in [0, 0.05) is 22.8 Å². The highest BCUT2D eigenvalue weighted by Crippen LogP contribution is 2.25. The van der Waals surface area contributed by atoms with Gasteiger partial charge in [-0.1, -0.05) is 12.1 Å². The van der Waals surface area contributed by atoms with Crippen LogP contribution in [0.25, 0.3) is 11.3 Å². The zero-order valence-corrected chi connectivity index (χ0v) is 13.7. The van der Waals surface area contributed by atoms with E-state index in [-0.39, 0.29) is 5.56 Å². The summed E-state index contributed by atoms with van der Waals surface area (Å²) in [6.07, 6.45) is 2.75. The van der Waals surface area contributed by atoms with Gasteiger partial charge < -0.3 is 15.5 Å². The van der Waals surface area contributed by atoms with Crippen molar-refractivity contribution in [1.29, 1.82) is 0 Å². The maximum atomic E-state index is 11.3. The summed E-state index contributed by atoms with van der Waals surface area (Å²) in [5.41, 5.74) is 2.27. The van der Waals surface area contributed by atoms with E-state index >= 15 is 0 Å². The summed E-state index contributed by atoms with van der Waals surface area (Å²) in [5.74, 6) is -1.50.